The number of non-ortho nitro benzene ring substituents is 1. The van der Waals surface area contributed by atoms with E-state index in [0.29, 0.717) is 5.57 Å². The molecule has 28 heavy (non-hydrogen) atoms. The topological polar surface area (TPSA) is 71.9 Å². The summed E-state index contributed by atoms with van der Waals surface area (Å²) < 4.78 is 2.94. The van der Waals surface area contributed by atoms with Crippen molar-refractivity contribution in [1.82, 2.24) is 4.57 Å². The van der Waals surface area contributed by atoms with E-state index in [2.05, 4.69) is 22.0 Å². The van der Waals surface area contributed by atoms with Gasteiger partial charge in [-0.25, -0.2) is 0 Å². The van der Waals surface area contributed by atoms with Gasteiger partial charge in [-0.05, 0) is 61.7 Å². The lowest BCUT2D eigenvalue weighted by Crippen LogP contribution is -2.02. The van der Waals surface area contributed by atoms with E-state index in [9.17, 15) is 15.4 Å². The van der Waals surface area contributed by atoms with Gasteiger partial charge in [-0.3, -0.25) is 10.1 Å². The Morgan fingerprint density at radius 2 is 1.82 bits per heavy atom. The van der Waals surface area contributed by atoms with Crippen LogP contribution in [0.25, 0.3) is 17.3 Å². The van der Waals surface area contributed by atoms with Gasteiger partial charge < -0.3 is 4.57 Å². The summed E-state index contributed by atoms with van der Waals surface area (Å²) in [5.74, 6) is 0. The quantitative estimate of drug-likeness (QED) is 0.280. The molecule has 0 atom stereocenters. The third-order valence-electron chi connectivity index (χ3n) is 4.69. The average Bonchev–Trinajstić information content (AvgIpc) is 2.94. The minimum absolute atomic E-state index is 0.0535. The van der Waals surface area contributed by atoms with Crippen molar-refractivity contribution in [2.24, 2.45) is 0 Å². The summed E-state index contributed by atoms with van der Waals surface area (Å²) in [5, 5.41) is 20.8. The van der Waals surface area contributed by atoms with E-state index in [1.54, 1.807) is 12.1 Å². The molecule has 0 bridgehead atoms. The monoisotopic (exact) mass is 435 g/mol. The summed E-state index contributed by atoms with van der Waals surface area (Å²) in [7, 11) is 0. The van der Waals surface area contributed by atoms with Crippen LogP contribution < -0.4 is 0 Å². The van der Waals surface area contributed by atoms with Crippen LogP contribution in [-0.2, 0) is 0 Å². The third-order valence-corrected chi connectivity index (χ3v) is 5.22. The number of nitro groups is 1. The molecule has 2 aromatic carbocycles. The van der Waals surface area contributed by atoms with Crippen molar-refractivity contribution in [3.8, 4) is 11.8 Å². The lowest BCUT2D eigenvalue weighted by molar-refractivity contribution is -0.384. The van der Waals surface area contributed by atoms with E-state index >= 15 is 0 Å². The molecule has 1 aromatic heterocycles. The van der Waals surface area contributed by atoms with Gasteiger partial charge in [0.05, 0.1) is 22.3 Å². The van der Waals surface area contributed by atoms with Crippen LogP contribution in [0.4, 0.5) is 5.69 Å². The van der Waals surface area contributed by atoms with Gasteiger partial charge >= 0.3 is 0 Å². The van der Waals surface area contributed by atoms with Crippen molar-refractivity contribution in [2.75, 3.05) is 0 Å². The zero-order valence-corrected chi connectivity index (χ0v) is 17.3. The first-order valence-electron chi connectivity index (χ1n) is 8.64. The summed E-state index contributed by atoms with van der Waals surface area (Å²) in [6, 6.07) is 16.7. The number of allylic oxidation sites excluding steroid dienone is 1. The van der Waals surface area contributed by atoms with Crippen LogP contribution >= 0.6 is 15.9 Å². The first kappa shape index (κ1) is 19.6. The SMILES string of the molecule is Cc1ccc([N+](=O)[O-])cc1-n1c(C)cc(/C=C(/C#N)c2ccc(Br)cc2)c1C. The van der Waals surface area contributed by atoms with Crippen LogP contribution in [0.5, 0.6) is 0 Å². The van der Waals surface area contributed by atoms with Crippen molar-refractivity contribution in [3.63, 3.8) is 0 Å². The van der Waals surface area contributed by atoms with Gasteiger partial charge in [0, 0.05) is 28.0 Å². The number of rotatable bonds is 4. The maximum atomic E-state index is 11.2. The van der Waals surface area contributed by atoms with Gasteiger partial charge in [0.1, 0.15) is 0 Å². The Kier molecular flexibility index (Phi) is 5.48. The van der Waals surface area contributed by atoms with Crippen LogP contribution in [0.3, 0.4) is 0 Å². The molecule has 0 amide bonds. The molecular formula is C22H18BrN3O2. The van der Waals surface area contributed by atoms with E-state index < -0.39 is 0 Å². The normalized spacial score (nSPS) is 11.3. The van der Waals surface area contributed by atoms with Crippen LogP contribution in [0.2, 0.25) is 0 Å². The summed E-state index contributed by atoms with van der Waals surface area (Å²) in [6.07, 6.45) is 1.86. The zero-order valence-electron chi connectivity index (χ0n) is 15.7. The summed E-state index contributed by atoms with van der Waals surface area (Å²) in [6.45, 7) is 5.83. The molecule has 0 radical (unpaired) electrons. The molecule has 0 saturated carbocycles. The predicted octanol–water partition coefficient (Wildman–Crippen LogP) is 6.14. The maximum absolute atomic E-state index is 11.2. The van der Waals surface area contributed by atoms with Crippen molar-refractivity contribution >= 4 is 33.3 Å². The number of hydrogen-bond donors (Lipinski definition) is 0. The average molecular weight is 436 g/mol. The summed E-state index contributed by atoms with van der Waals surface area (Å²) >= 11 is 3.40. The number of nitro benzene ring substituents is 1. The molecule has 0 fully saturated rings. The van der Waals surface area contributed by atoms with Crippen LogP contribution in [0.15, 0.2) is 53.0 Å². The van der Waals surface area contributed by atoms with Gasteiger partial charge in [0.25, 0.3) is 5.69 Å². The number of benzene rings is 2. The molecule has 0 unspecified atom stereocenters. The smallest absolute Gasteiger partial charge is 0.271 e. The van der Waals surface area contributed by atoms with E-state index in [1.165, 1.54) is 6.07 Å². The molecule has 0 saturated heterocycles. The van der Waals surface area contributed by atoms with E-state index in [-0.39, 0.29) is 10.6 Å². The maximum Gasteiger partial charge on any atom is 0.271 e. The molecule has 0 aliphatic rings. The fourth-order valence-electron chi connectivity index (χ4n) is 3.22. The number of nitriles is 1. The predicted molar refractivity (Wildman–Crippen MR) is 114 cm³/mol. The lowest BCUT2D eigenvalue weighted by Gasteiger charge is -2.12. The van der Waals surface area contributed by atoms with Crippen molar-refractivity contribution in [3.05, 3.63) is 91.2 Å². The van der Waals surface area contributed by atoms with E-state index in [1.807, 2.05) is 61.7 Å². The Morgan fingerprint density at radius 3 is 2.43 bits per heavy atom. The largest absolute Gasteiger partial charge is 0.317 e. The molecule has 6 heteroatoms. The Balaban J connectivity index is 2.13. The number of aryl methyl sites for hydroxylation is 2. The highest BCUT2D eigenvalue weighted by molar-refractivity contribution is 9.10. The second-order valence-corrected chi connectivity index (χ2v) is 7.48. The van der Waals surface area contributed by atoms with E-state index in [0.717, 1.165) is 38.2 Å². The summed E-state index contributed by atoms with van der Waals surface area (Å²) in [4.78, 5) is 10.8. The lowest BCUT2D eigenvalue weighted by atomic mass is 10.0. The van der Waals surface area contributed by atoms with Gasteiger partial charge in [-0.2, -0.15) is 5.26 Å². The van der Waals surface area contributed by atoms with Crippen molar-refractivity contribution in [1.29, 1.82) is 5.26 Å². The van der Waals surface area contributed by atoms with E-state index in [4.69, 9.17) is 0 Å². The molecular weight excluding hydrogens is 418 g/mol. The zero-order chi connectivity index (χ0) is 20.4. The molecule has 3 aromatic rings. The number of hydrogen-bond acceptors (Lipinski definition) is 3. The molecule has 0 spiro atoms. The van der Waals surface area contributed by atoms with Gasteiger partial charge in [-0.15, -0.1) is 0 Å². The standard InChI is InChI=1S/C22H18BrN3O2/c1-14-4-9-21(26(27)28)12-22(14)25-15(2)10-18(16(25)3)11-19(13-24)17-5-7-20(23)8-6-17/h4-12H,1-3H3/b19-11-. The number of aromatic nitrogens is 1. The van der Waals surface area contributed by atoms with Crippen molar-refractivity contribution in [2.45, 2.75) is 20.8 Å². The first-order valence-corrected chi connectivity index (χ1v) is 9.43. The molecule has 0 N–H and O–H groups in total. The highest BCUT2D eigenvalue weighted by atomic mass is 79.9. The number of nitrogens with zero attached hydrogens (tertiary/aromatic N) is 3. The Bertz CT molecular complexity index is 1140. The molecule has 5 nitrogen and oxygen atoms in total. The van der Waals surface area contributed by atoms with Crippen LogP contribution in [0, 0.1) is 42.2 Å². The number of halogens is 1. The fourth-order valence-corrected chi connectivity index (χ4v) is 3.49. The molecule has 140 valence electrons. The van der Waals surface area contributed by atoms with Crippen molar-refractivity contribution < 1.29 is 4.92 Å². The molecule has 0 aliphatic heterocycles. The Labute approximate surface area is 171 Å². The second kappa shape index (κ2) is 7.83. The van der Waals surface area contributed by atoms with Gasteiger partial charge in [-0.1, -0.05) is 34.1 Å². The summed E-state index contributed by atoms with van der Waals surface area (Å²) in [5.41, 5.74) is 5.93. The minimum atomic E-state index is -0.390. The second-order valence-electron chi connectivity index (χ2n) is 6.57. The highest BCUT2D eigenvalue weighted by Gasteiger charge is 2.15. The van der Waals surface area contributed by atoms with Gasteiger partial charge in [0.2, 0.25) is 0 Å². The third kappa shape index (κ3) is 3.75. The van der Waals surface area contributed by atoms with Crippen LogP contribution in [0.1, 0.15) is 28.1 Å². The Morgan fingerprint density at radius 1 is 1.14 bits per heavy atom. The molecule has 1 heterocycles. The minimum Gasteiger partial charge on any atom is -0.317 e. The van der Waals surface area contributed by atoms with Gasteiger partial charge in [0.15, 0.2) is 0 Å². The first-order chi connectivity index (χ1) is 13.3. The van der Waals surface area contributed by atoms with Crippen LogP contribution in [-0.4, -0.2) is 9.49 Å². The Hall–Kier alpha value is -3.17. The molecule has 3 rings (SSSR count). The fraction of sp³-hybridized carbons (Fsp3) is 0.136. The highest BCUT2D eigenvalue weighted by Crippen LogP contribution is 2.29. The molecule has 0 aliphatic carbocycles.